The summed E-state index contributed by atoms with van der Waals surface area (Å²) in [5.41, 5.74) is 5.33. The summed E-state index contributed by atoms with van der Waals surface area (Å²) in [6.07, 6.45) is -0.551. The molecule has 6 N–H and O–H groups in total. The number of hydrogen-bond acceptors (Lipinski definition) is 6. The van der Waals surface area contributed by atoms with Gasteiger partial charge in [0.15, 0.2) is 0 Å². The van der Waals surface area contributed by atoms with Gasteiger partial charge >= 0.3 is 5.97 Å². The molecule has 1 rings (SSSR count). The number of carboxylic acid groups (broad SMARTS) is 1. The molecular formula is C15H27N3O5S. The van der Waals surface area contributed by atoms with E-state index in [0.29, 0.717) is 0 Å². The third-order valence-corrected chi connectivity index (χ3v) is 5.99. The predicted octanol–water partition coefficient (Wildman–Crippen LogP) is -0.698. The van der Waals surface area contributed by atoms with E-state index >= 15 is 0 Å². The number of aliphatic carboxylic acids is 1. The van der Waals surface area contributed by atoms with E-state index in [2.05, 4.69) is 24.5 Å². The second-order valence-corrected chi connectivity index (χ2v) is 8.90. The quantitative estimate of drug-likeness (QED) is 0.404. The Morgan fingerprint density at radius 1 is 1.25 bits per heavy atom. The molecule has 1 saturated heterocycles. The van der Waals surface area contributed by atoms with Gasteiger partial charge in [0.05, 0.1) is 19.1 Å². The number of hydrogen-bond donors (Lipinski definition) is 5. The Balaban J connectivity index is 2.73. The van der Waals surface area contributed by atoms with Gasteiger partial charge in [-0.15, -0.1) is 0 Å². The number of nitrogens with one attached hydrogen (secondary N) is 2. The number of aliphatic hydroxyl groups is 1. The van der Waals surface area contributed by atoms with Crippen LogP contribution in [0.3, 0.4) is 0 Å². The van der Waals surface area contributed by atoms with E-state index in [1.54, 1.807) is 11.8 Å². The maximum atomic E-state index is 12.4. The summed E-state index contributed by atoms with van der Waals surface area (Å²) in [5, 5.41) is 23.3. The first-order valence-electron chi connectivity index (χ1n) is 7.73. The molecule has 138 valence electrons. The molecule has 0 saturated carbocycles. The summed E-state index contributed by atoms with van der Waals surface area (Å²) >= 11 is 1.75. The number of aliphatic hydroxyl groups excluding tert-OH is 1. The summed E-state index contributed by atoms with van der Waals surface area (Å²) in [6, 6.07) is -2.59. The first kappa shape index (κ1) is 20.7. The van der Waals surface area contributed by atoms with Crippen molar-refractivity contribution in [3.63, 3.8) is 0 Å². The highest BCUT2D eigenvalue weighted by atomic mass is 32.2. The van der Waals surface area contributed by atoms with Crippen LogP contribution in [0.25, 0.3) is 0 Å². The molecule has 1 aliphatic heterocycles. The van der Waals surface area contributed by atoms with Crippen LogP contribution in [0.4, 0.5) is 0 Å². The normalized spacial score (nSPS) is 24.0. The van der Waals surface area contributed by atoms with Crippen LogP contribution < -0.4 is 16.4 Å². The molecule has 0 spiro atoms. The molecule has 0 bridgehead atoms. The van der Waals surface area contributed by atoms with Crippen LogP contribution in [0.2, 0.25) is 0 Å². The van der Waals surface area contributed by atoms with Gasteiger partial charge in [0.1, 0.15) is 6.04 Å². The molecule has 1 heterocycles. The van der Waals surface area contributed by atoms with Crippen molar-refractivity contribution in [3.8, 4) is 0 Å². The standard InChI is InChI=1S/C15H27N3O5S/c1-14(2)7-24-15(3,4)13(14)18-12(23)9(6-19)17-11(22)8(16)5-10(20)21/h8-9,13,19H,5-7,16H2,1-4H3,(H,17,22)(H,18,23)(H,20,21)/t8-,9+,13?/m0/s1. The lowest BCUT2D eigenvalue weighted by atomic mass is 9.80. The number of rotatable bonds is 7. The highest BCUT2D eigenvalue weighted by Gasteiger charge is 2.49. The van der Waals surface area contributed by atoms with Crippen LogP contribution in [-0.2, 0) is 14.4 Å². The van der Waals surface area contributed by atoms with Gasteiger partial charge in [0, 0.05) is 16.5 Å². The predicted molar refractivity (Wildman–Crippen MR) is 91.5 cm³/mol. The van der Waals surface area contributed by atoms with Gasteiger partial charge in [-0.1, -0.05) is 13.8 Å². The molecule has 0 aliphatic carbocycles. The summed E-state index contributed by atoms with van der Waals surface area (Å²) in [4.78, 5) is 34.9. The zero-order valence-electron chi connectivity index (χ0n) is 14.5. The first-order chi connectivity index (χ1) is 10.9. The summed E-state index contributed by atoms with van der Waals surface area (Å²) in [6.45, 7) is 7.57. The third kappa shape index (κ3) is 5.09. The third-order valence-electron chi connectivity index (χ3n) is 4.13. The van der Waals surface area contributed by atoms with Gasteiger partial charge in [-0.2, -0.15) is 11.8 Å². The Morgan fingerprint density at radius 2 is 1.83 bits per heavy atom. The fourth-order valence-corrected chi connectivity index (χ4v) is 4.30. The van der Waals surface area contributed by atoms with E-state index < -0.39 is 42.9 Å². The Bertz CT molecular complexity index is 493. The molecule has 2 amide bonds. The van der Waals surface area contributed by atoms with Crippen molar-refractivity contribution < 1.29 is 24.6 Å². The molecule has 9 heteroatoms. The minimum Gasteiger partial charge on any atom is -0.481 e. The van der Waals surface area contributed by atoms with Gasteiger partial charge in [-0.05, 0) is 19.3 Å². The van der Waals surface area contributed by atoms with E-state index in [-0.39, 0.29) is 16.2 Å². The zero-order valence-corrected chi connectivity index (χ0v) is 15.3. The minimum absolute atomic E-state index is 0.131. The SMILES string of the molecule is CC1(C)CSC(C)(C)C1NC(=O)[C@@H](CO)NC(=O)[C@@H](N)CC(=O)O. The highest BCUT2D eigenvalue weighted by Crippen LogP contribution is 2.47. The van der Waals surface area contributed by atoms with Gasteiger partial charge in [-0.3, -0.25) is 14.4 Å². The molecule has 0 radical (unpaired) electrons. The lowest BCUT2D eigenvalue weighted by molar-refractivity contribution is -0.139. The van der Waals surface area contributed by atoms with Crippen molar-refractivity contribution in [3.05, 3.63) is 0 Å². The molecule has 24 heavy (non-hydrogen) atoms. The van der Waals surface area contributed by atoms with Crippen molar-refractivity contribution in [1.82, 2.24) is 10.6 Å². The molecule has 8 nitrogen and oxygen atoms in total. The molecule has 1 aliphatic rings. The van der Waals surface area contributed by atoms with Crippen molar-refractivity contribution >= 4 is 29.5 Å². The topological polar surface area (TPSA) is 142 Å². The second kappa shape index (κ2) is 7.71. The Labute approximate surface area is 145 Å². The molecule has 0 aromatic carbocycles. The molecular weight excluding hydrogens is 334 g/mol. The molecule has 0 aromatic rings. The van der Waals surface area contributed by atoms with Gasteiger partial charge < -0.3 is 26.6 Å². The molecule has 1 unspecified atom stereocenters. The second-order valence-electron chi connectivity index (χ2n) is 7.27. The van der Waals surface area contributed by atoms with E-state index in [9.17, 15) is 19.5 Å². The number of carbonyl (C=O) groups is 3. The Hall–Kier alpha value is -1.32. The average Bonchev–Trinajstić information content (AvgIpc) is 2.66. The van der Waals surface area contributed by atoms with Crippen LogP contribution in [0, 0.1) is 5.41 Å². The van der Waals surface area contributed by atoms with Crippen LogP contribution >= 0.6 is 11.8 Å². The van der Waals surface area contributed by atoms with Gasteiger partial charge in [0.2, 0.25) is 11.8 Å². The number of carbonyl (C=O) groups excluding carboxylic acids is 2. The number of carboxylic acids is 1. The summed E-state index contributed by atoms with van der Waals surface area (Å²) < 4.78 is -0.178. The fourth-order valence-electron chi connectivity index (χ4n) is 2.85. The lowest BCUT2D eigenvalue weighted by Gasteiger charge is -2.35. The van der Waals surface area contributed by atoms with Crippen molar-refractivity contribution in [2.75, 3.05) is 12.4 Å². The highest BCUT2D eigenvalue weighted by molar-refractivity contribution is 8.01. The van der Waals surface area contributed by atoms with E-state index in [1.807, 2.05) is 13.8 Å². The first-order valence-corrected chi connectivity index (χ1v) is 8.72. The number of thioether (sulfide) groups is 1. The lowest BCUT2D eigenvalue weighted by Crippen LogP contribution is -2.59. The number of nitrogens with two attached hydrogens (primary N) is 1. The minimum atomic E-state index is -1.28. The molecule has 0 aromatic heterocycles. The number of amides is 2. The molecule has 1 fully saturated rings. The average molecular weight is 361 g/mol. The smallest absolute Gasteiger partial charge is 0.305 e. The van der Waals surface area contributed by atoms with Crippen LogP contribution in [0.1, 0.15) is 34.1 Å². The maximum absolute atomic E-state index is 12.4. The largest absolute Gasteiger partial charge is 0.481 e. The fraction of sp³-hybridized carbons (Fsp3) is 0.800. The monoisotopic (exact) mass is 361 g/mol. The van der Waals surface area contributed by atoms with E-state index in [1.165, 1.54) is 0 Å². The van der Waals surface area contributed by atoms with Crippen LogP contribution in [0.5, 0.6) is 0 Å². The van der Waals surface area contributed by atoms with E-state index in [0.717, 1.165) is 5.75 Å². The summed E-state index contributed by atoms with van der Waals surface area (Å²) in [7, 11) is 0. The maximum Gasteiger partial charge on any atom is 0.305 e. The summed E-state index contributed by atoms with van der Waals surface area (Å²) in [5.74, 6) is -1.63. The Kier molecular flexibility index (Phi) is 6.66. The van der Waals surface area contributed by atoms with Crippen LogP contribution in [0.15, 0.2) is 0 Å². The molecule has 3 atom stereocenters. The van der Waals surface area contributed by atoms with Gasteiger partial charge in [-0.25, -0.2) is 0 Å². The Morgan fingerprint density at radius 3 is 2.25 bits per heavy atom. The van der Waals surface area contributed by atoms with Crippen molar-refractivity contribution in [2.45, 2.75) is 57.0 Å². The van der Waals surface area contributed by atoms with Crippen molar-refractivity contribution in [2.24, 2.45) is 11.1 Å². The van der Waals surface area contributed by atoms with Gasteiger partial charge in [0.25, 0.3) is 0 Å². The van der Waals surface area contributed by atoms with Crippen LogP contribution in [-0.4, -0.2) is 63.2 Å². The van der Waals surface area contributed by atoms with Crippen molar-refractivity contribution in [1.29, 1.82) is 0 Å². The van der Waals surface area contributed by atoms with E-state index in [4.69, 9.17) is 10.8 Å². The zero-order chi connectivity index (χ0) is 18.7.